The van der Waals surface area contributed by atoms with Gasteiger partial charge in [0, 0.05) is 0 Å². The number of unbranched alkanes of at least 4 members (excludes halogenated alkanes) is 4. The van der Waals surface area contributed by atoms with Gasteiger partial charge in [-0.2, -0.15) is 0 Å². The van der Waals surface area contributed by atoms with Gasteiger partial charge >= 0.3 is 0 Å². The smallest absolute Gasteiger partial charge is 0.118 e. The van der Waals surface area contributed by atoms with Crippen molar-refractivity contribution < 1.29 is 9.47 Å². The molecular weight excluding hydrogens is 248 g/mol. The zero-order valence-electron chi connectivity index (χ0n) is 12.7. The molecule has 0 N–H and O–H groups in total. The Labute approximate surface area is 122 Å². The van der Waals surface area contributed by atoms with Gasteiger partial charge in [0.15, 0.2) is 0 Å². The number of benzene rings is 1. The normalized spacial score (nSPS) is 20.7. The summed E-state index contributed by atoms with van der Waals surface area (Å²) in [5.74, 6) is 0.880. The van der Waals surface area contributed by atoms with E-state index in [-0.39, 0.29) is 6.10 Å². The van der Waals surface area contributed by atoms with Gasteiger partial charge in [-0.15, -0.1) is 0 Å². The maximum atomic E-state index is 5.77. The topological polar surface area (TPSA) is 21.8 Å². The molecule has 20 heavy (non-hydrogen) atoms. The van der Waals surface area contributed by atoms with E-state index in [1.807, 2.05) is 12.1 Å². The third-order valence-corrected chi connectivity index (χ3v) is 3.98. The summed E-state index contributed by atoms with van der Waals surface area (Å²) in [6.45, 7) is 6.43. The van der Waals surface area contributed by atoms with E-state index in [2.05, 4.69) is 25.6 Å². The van der Waals surface area contributed by atoms with Crippen LogP contribution < -0.4 is 4.74 Å². The first-order chi connectivity index (χ1) is 9.76. The number of ether oxygens (including phenoxy) is 2. The molecule has 2 nitrogen and oxygen atoms in total. The van der Waals surface area contributed by atoms with Crippen LogP contribution in [0.5, 0.6) is 5.75 Å². The fraction of sp³-hybridized carbons (Fsp3) is 0.556. The van der Waals surface area contributed by atoms with E-state index in [4.69, 9.17) is 9.47 Å². The SMILES string of the molecule is C=C(c1ccc(OC)cc1)[C@@H]1O[C@H]1CCCCCCC. The average Bonchev–Trinajstić information content (AvgIpc) is 3.26. The Morgan fingerprint density at radius 1 is 1.15 bits per heavy atom. The summed E-state index contributed by atoms with van der Waals surface area (Å²) in [6, 6.07) is 8.06. The van der Waals surface area contributed by atoms with Crippen molar-refractivity contribution in [3.05, 3.63) is 36.4 Å². The zero-order chi connectivity index (χ0) is 14.4. The first kappa shape index (κ1) is 15.1. The standard InChI is InChI=1S/C18H26O2/c1-4-5-6-7-8-9-17-18(20-17)14(2)15-10-12-16(19-3)13-11-15/h10-13,17-18H,2,4-9H2,1,3H3/t17-,18-/m0/s1. The Morgan fingerprint density at radius 3 is 2.50 bits per heavy atom. The zero-order valence-corrected chi connectivity index (χ0v) is 12.7. The van der Waals surface area contributed by atoms with Crippen LogP contribution >= 0.6 is 0 Å². The number of methoxy groups -OCH3 is 1. The molecule has 1 saturated heterocycles. The molecule has 0 saturated carbocycles. The Kier molecular flexibility index (Phi) is 5.66. The summed E-state index contributed by atoms with van der Waals surface area (Å²) < 4.78 is 10.9. The van der Waals surface area contributed by atoms with Crippen LogP contribution in [0.1, 0.15) is 51.0 Å². The van der Waals surface area contributed by atoms with E-state index in [0.717, 1.165) is 16.9 Å². The van der Waals surface area contributed by atoms with E-state index in [0.29, 0.717) is 6.10 Å². The number of rotatable bonds is 9. The van der Waals surface area contributed by atoms with Crippen molar-refractivity contribution in [3.63, 3.8) is 0 Å². The van der Waals surface area contributed by atoms with E-state index in [1.54, 1.807) is 7.11 Å². The Bertz CT molecular complexity index is 422. The molecule has 2 rings (SSSR count). The molecule has 1 aromatic rings. The van der Waals surface area contributed by atoms with Crippen molar-refractivity contribution in [3.8, 4) is 5.75 Å². The quantitative estimate of drug-likeness (QED) is 0.475. The van der Waals surface area contributed by atoms with E-state index in [1.165, 1.54) is 38.5 Å². The molecule has 0 bridgehead atoms. The lowest BCUT2D eigenvalue weighted by Crippen LogP contribution is -1.97. The summed E-state index contributed by atoms with van der Waals surface area (Å²) in [5.41, 5.74) is 2.26. The van der Waals surface area contributed by atoms with E-state index < -0.39 is 0 Å². The molecule has 0 spiro atoms. The number of hydrogen-bond donors (Lipinski definition) is 0. The lowest BCUT2D eigenvalue weighted by atomic mass is 10.00. The molecule has 0 aromatic heterocycles. The molecule has 1 aliphatic heterocycles. The summed E-state index contributed by atoms with van der Waals surface area (Å²) in [6.07, 6.45) is 8.41. The van der Waals surface area contributed by atoms with Crippen LogP contribution in [0.4, 0.5) is 0 Å². The second-order valence-electron chi connectivity index (χ2n) is 5.55. The molecule has 0 radical (unpaired) electrons. The molecule has 1 heterocycles. The Hall–Kier alpha value is -1.28. The van der Waals surface area contributed by atoms with Gasteiger partial charge < -0.3 is 9.47 Å². The molecule has 0 amide bonds. The maximum Gasteiger partial charge on any atom is 0.118 e. The fourth-order valence-corrected chi connectivity index (χ4v) is 2.59. The highest BCUT2D eigenvalue weighted by Crippen LogP contribution is 2.37. The van der Waals surface area contributed by atoms with Crippen LogP contribution in [-0.2, 0) is 4.74 Å². The minimum atomic E-state index is 0.231. The lowest BCUT2D eigenvalue weighted by Gasteiger charge is -2.04. The summed E-state index contributed by atoms with van der Waals surface area (Å²) >= 11 is 0. The van der Waals surface area contributed by atoms with Gasteiger partial charge in [0.25, 0.3) is 0 Å². The molecule has 2 heteroatoms. The number of hydrogen-bond acceptors (Lipinski definition) is 2. The summed E-state index contributed by atoms with van der Waals surface area (Å²) in [4.78, 5) is 0. The average molecular weight is 274 g/mol. The predicted octanol–water partition coefficient (Wildman–Crippen LogP) is 4.84. The first-order valence-corrected chi connectivity index (χ1v) is 7.75. The van der Waals surface area contributed by atoms with E-state index >= 15 is 0 Å². The third-order valence-electron chi connectivity index (χ3n) is 3.98. The van der Waals surface area contributed by atoms with Gasteiger partial charge in [-0.1, -0.05) is 57.7 Å². The van der Waals surface area contributed by atoms with E-state index in [9.17, 15) is 0 Å². The van der Waals surface area contributed by atoms with Gasteiger partial charge in [0.1, 0.15) is 11.9 Å². The van der Waals surface area contributed by atoms with Crippen molar-refractivity contribution >= 4 is 5.57 Å². The molecule has 0 unspecified atom stereocenters. The highest BCUT2D eigenvalue weighted by Gasteiger charge is 2.40. The molecule has 2 atom stereocenters. The van der Waals surface area contributed by atoms with Crippen molar-refractivity contribution in [1.82, 2.24) is 0 Å². The molecule has 0 aliphatic carbocycles. The predicted molar refractivity (Wildman–Crippen MR) is 84.1 cm³/mol. The third kappa shape index (κ3) is 4.11. The highest BCUT2D eigenvalue weighted by atomic mass is 16.6. The monoisotopic (exact) mass is 274 g/mol. The van der Waals surface area contributed by atoms with Crippen molar-refractivity contribution in [2.24, 2.45) is 0 Å². The van der Waals surface area contributed by atoms with Crippen LogP contribution in [0.25, 0.3) is 5.57 Å². The number of epoxide rings is 1. The molecule has 1 aromatic carbocycles. The first-order valence-electron chi connectivity index (χ1n) is 7.75. The van der Waals surface area contributed by atoms with Crippen LogP contribution in [-0.4, -0.2) is 19.3 Å². The molecule has 1 aliphatic rings. The van der Waals surface area contributed by atoms with Gasteiger partial charge in [-0.05, 0) is 29.7 Å². The fourth-order valence-electron chi connectivity index (χ4n) is 2.59. The van der Waals surface area contributed by atoms with Gasteiger partial charge in [-0.25, -0.2) is 0 Å². The highest BCUT2D eigenvalue weighted by molar-refractivity contribution is 5.69. The van der Waals surface area contributed by atoms with Crippen LogP contribution in [0, 0.1) is 0 Å². The second-order valence-corrected chi connectivity index (χ2v) is 5.55. The molecular formula is C18H26O2. The maximum absolute atomic E-state index is 5.77. The van der Waals surface area contributed by atoms with Gasteiger partial charge in [0.05, 0.1) is 13.2 Å². The van der Waals surface area contributed by atoms with Crippen molar-refractivity contribution in [2.45, 2.75) is 57.7 Å². The van der Waals surface area contributed by atoms with Crippen molar-refractivity contribution in [1.29, 1.82) is 0 Å². The summed E-state index contributed by atoms with van der Waals surface area (Å²) in [5, 5.41) is 0. The van der Waals surface area contributed by atoms with Crippen molar-refractivity contribution in [2.75, 3.05) is 7.11 Å². The largest absolute Gasteiger partial charge is 0.497 e. The van der Waals surface area contributed by atoms with Crippen LogP contribution in [0.15, 0.2) is 30.8 Å². The Balaban J connectivity index is 1.72. The van der Waals surface area contributed by atoms with Crippen LogP contribution in [0.3, 0.4) is 0 Å². The molecule has 1 fully saturated rings. The summed E-state index contributed by atoms with van der Waals surface area (Å²) in [7, 11) is 1.68. The second kappa shape index (κ2) is 7.49. The van der Waals surface area contributed by atoms with Gasteiger partial charge in [-0.3, -0.25) is 0 Å². The van der Waals surface area contributed by atoms with Crippen LogP contribution in [0.2, 0.25) is 0 Å². The minimum Gasteiger partial charge on any atom is -0.497 e. The lowest BCUT2D eigenvalue weighted by molar-refractivity contribution is 0.375. The minimum absolute atomic E-state index is 0.231. The molecule has 110 valence electrons. The van der Waals surface area contributed by atoms with Gasteiger partial charge in [0.2, 0.25) is 0 Å². The Morgan fingerprint density at radius 2 is 1.85 bits per heavy atom.